The number of nitrogens with zero attached hydrogens (tertiary/aromatic N) is 3. The summed E-state index contributed by atoms with van der Waals surface area (Å²) >= 11 is 0. The highest BCUT2D eigenvalue weighted by Gasteiger charge is 2.33. The number of likely N-dealkylation sites (tertiary alicyclic amines) is 1. The van der Waals surface area contributed by atoms with E-state index in [1.54, 1.807) is 12.3 Å². The van der Waals surface area contributed by atoms with Crippen LogP contribution >= 0.6 is 0 Å². The van der Waals surface area contributed by atoms with E-state index < -0.39 is 0 Å². The first-order chi connectivity index (χ1) is 11.6. The Kier molecular flexibility index (Phi) is 5.43. The number of carbonyl (C=O) groups excluding carboxylic acids is 2. The van der Waals surface area contributed by atoms with Crippen molar-refractivity contribution < 1.29 is 9.59 Å². The Labute approximate surface area is 143 Å². The summed E-state index contributed by atoms with van der Waals surface area (Å²) in [6.07, 6.45) is 9.20. The van der Waals surface area contributed by atoms with Crippen LogP contribution in [0.15, 0.2) is 12.3 Å². The largest absolute Gasteiger partial charge is 0.351 e. The van der Waals surface area contributed by atoms with Gasteiger partial charge < -0.3 is 10.2 Å². The van der Waals surface area contributed by atoms with Gasteiger partial charge in [0.1, 0.15) is 0 Å². The number of nitrogens with one attached hydrogen (secondary N) is 1. The van der Waals surface area contributed by atoms with Crippen molar-refractivity contribution in [2.45, 2.75) is 64.5 Å². The first-order valence-corrected chi connectivity index (χ1v) is 8.99. The third-order valence-corrected chi connectivity index (χ3v) is 5.06. The van der Waals surface area contributed by atoms with Gasteiger partial charge in [0.05, 0.1) is 18.3 Å². The minimum Gasteiger partial charge on any atom is -0.351 e. The van der Waals surface area contributed by atoms with Gasteiger partial charge in [-0.2, -0.15) is 0 Å². The van der Waals surface area contributed by atoms with Gasteiger partial charge in [0.15, 0.2) is 5.82 Å². The van der Waals surface area contributed by atoms with Gasteiger partial charge in [-0.3, -0.25) is 9.59 Å². The fourth-order valence-electron chi connectivity index (χ4n) is 3.80. The van der Waals surface area contributed by atoms with E-state index >= 15 is 0 Å². The third kappa shape index (κ3) is 4.10. The molecule has 2 heterocycles. The van der Waals surface area contributed by atoms with E-state index in [9.17, 15) is 9.59 Å². The zero-order chi connectivity index (χ0) is 16.9. The van der Waals surface area contributed by atoms with Crippen molar-refractivity contribution in [2.24, 2.45) is 5.92 Å². The molecule has 1 N–H and O–H groups in total. The normalized spacial score (nSPS) is 21.2. The van der Waals surface area contributed by atoms with Crippen LogP contribution in [0.1, 0.15) is 69.4 Å². The second kappa shape index (κ2) is 7.73. The second-order valence-corrected chi connectivity index (χ2v) is 6.92. The van der Waals surface area contributed by atoms with Crippen LogP contribution in [0.4, 0.5) is 0 Å². The molecule has 2 aliphatic rings. The van der Waals surface area contributed by atoms with E-state index in [1.165, 1.54) is 32.6 Å². The van der Waals surface area contributed by atoms with Crippen LogP contribution in [0.2, 0.25) is 0 Å². The molecule has 2 amide bonds. The lowest BCUT2D eigenvalue weighted by Crippen LogP contribution is -2.32. The van der Waals surface area contributed by atoms with Gasteiger partial charge in [0.2, 0.25) is 11.8 Å². The summed E-state index contributed by atoms with van der Waals surface area (Å²) in [4.78, 5) is 34.7. The van der Waals surface area contributed by atoms with E-state index in [-0.39, 0.29) is 17.9 Å². The van der Waals surface area contributed by atoms with Crippen LogP contribution in [-0.2, 0) is 16.1 Å². The van der Waals surface area contributed by atoms with Gasteiger partial charge in [0, 0.05) is 26.1 Å². The van der Waals surface area contributed by atoms with Gasteiger partial charge >= 0.3 is 0 Å². The predicted molar refractivity (Wildman–Crippen MR) is 89.8 cm³/mol. The fraction of sp³-hybridized carbons (Fsp3) is 0.667. The minimum absolute atomic E-state index is 0.0174. The van der Waals surface area contributed by atoms with E-state index in [0.717, 1.165) is 25.1 Å². The standard InChI is InChI=1S/C18H26N4O2/c1-13(23)20-12-15-8-9-19-18(21-15)16-7-4-10-22(16)17(24)11-14-5-2-3-6-14/h8-9,14,16H,2-7,10-12H2,1H3,(H,20,23)/t16-/m1/s1. The Bertz CT molecular complexity index is 598. The average Bonchev–Trinajstić information content (AvgIpc) is 3.24. The Morgan fingerprint density at radius 2 is 2.04 bits per heavy atom. The Balaban J connectivity index is 1.66. The number of aromatic nitrogens is 2. The second-order valence-electron chi connectivity index (χ2n) is 6.92. The number of hydrogen-bond donors (Lipinski definition) is 1. The topological polar surface area (TPSA) is 75.2 Å². The summed E-state index contributed by atoms with van der Waals surface area (Å²) in [5.41, 5.74) is 0.783. The molecule has 0 spiro atoms. The molecule has 0 unspecified atom stereocenters. The quantitative estimate of drug-likeness (QED) is 0.899. The van der Waals surface area contributed by atoms with Crippen LogP contribution in [0.5, 0.6) is 0 Å². The minimum atomic E-state index is -0.0793. The molecular formula is C18H26N4O2. The maximum absolute atomic E-state index is 12.7. The molecule has 1 aliphatic heterocycles. The monoisotopic (exact) mass is 330 g/mol. The van der Waals surface area contributed by atoms with Crippen molar-refractivity contribution in [2.75, 3.05) is 6.54 Å². The molecule has 2 fully saturated rings. The summed E-state index contributed by atoms with van der Waals surface area (Å²) in [7, 11) is 0. The van der Waals surface area contributed by atoms with Crippen LogP contribution < -0.4 is 5.32 Å². The molecule has 1 aliphatic carbocycles. The van der Waals surface area contributed by atoms with Crippen molar-refractivity contribution >= 4 is 11.8 Å². The van der Waals surface area contributed by atoms with Crippen LogP contribution in [0.25, 0.3) is 0 Å². The highest BCUT2D eigenvalue weighted by molar-refractivity contribution is 5.77. The van der Waals surface area contributed by atoms with Gasteiger partial charge in [0.25, 0.3) is 0 Å². The molecule has 130 valence electrons. The highest BCUT2D eigenvalue weighted by atomic mass is 16.2. The number of amides is 2. The zero-order valence-electron chi connectivity index (χ0n) is 14.3. The van der Waals surface area contributed by atoms with Gasteiger partial charge in [-0.15, -0.1) is 0 Å². The summed E-state index contributed by atoms with van der Waals surface area (Å²) in [6, 6.07) is 1.79. The summed E-state index contributed by atoms with van der Waals surface area (Å²) < 4.78 is 0. The predicted octanol–water partition coefficient (Wildman–Crippen LogP) is 2.36. The smallest absolute Gasteiger partial charge is 0.223 e. The van der Waals surface area contributed by atoms with Crippen LogP contribution in [0.3, 0.4) is 0 Å². The molecule has 1 saturated heterocycles. The number of carbonyl (C=O) groups is 2. The highest BCUT2D eigenvalue weighted by Crippen LogP contribution is 2.33. The summed E-state index contributed by atoms with van der Waals surface area (Å²) in [5.74, 6) is 1.44. The third-order valence-electron chi connectivity index (χ3n) is 5.06. The SMILES string of the molecule is CC(=O)NCc1ccnc([C@H]2CCCN2C(=O)CC2CCCC2)n1. The lowest BCUT2D eigenvalue weighted by atomic mass is 10.0. The van der Waals surface area contributed by atoms with Crippen molar-refractivity contribution in [1.82, 2.24) is 20.2 Å². The van der Waals surface area contributed by atoms with Gasteiger partial charge in [-0.05, 0) is 37.7 Å². The maximum atomic E-state index is 12.7. The number of hydrogen-bond acceptors (Lipinski definition) is 4. The van der Waals surface area contributed by atoms with Crippen molar-refractivity contribution in [3.63, 3.8) is 0 Å². The molecular weight excluding hydrogens is 304 g/mol. The first-order valence-electron chi connectivity index (χ1n) is 8.99. The molecule has 24 heavy (non-hydrogen) atoms. The lowest BCUT2D eigenvalue weighted by molar-refractivity contribution is -0.133. The molecule has 1 saturated carbocycles. The van der Waals surface area contributed by atoms with Crippen LogP contribution in [-0.4, -0.2) is 33.2 Å². The molecule has 0 bridgehead atoms. The number of rotatable bonds is 5. The Hall–Kier alpha value is -1.98. The van der Waals surface area contributed by atoms with E-state index in [1.807, 2.05) is 4.90 Å². The molecule has 3 rings (SSSR count). The first kappa shape index (κ1) is 16.9. The van der Waals surface area contributed by atoms with Gasteiger partial charge in [-0.25, -0.2) is 9.97 Å². The van der Waals surface area contributed by atoms with Gasteiger partial charge in [-0.1, -0.05) is 12.8 Å². The Morgan fingerprint density at radius 1 is 1.25 bits per heavy atom. The zero-order valence-corrected chi connectivity index (χ0v) is 14.3. The average molecular weight is 330 g/mol. The molecule has 6 nitrogen and oxygen atoms in total. The molecule has 6 heteroatoms. The summed E-state index contributed by atoms with van der Waals surface area (Å²) in [6.45, 7) is 2.69. The Morgan fingerprint density at radius 3 is 2.79 bits per heavy atom. The van der Waals surface area contributed by atoms with E-state index in [4.69, 9.17) is 0 Å². The van der Waals surface area contributed by atoms with E-state index in [2.05, 4.69) is 15.3 Å². The van der Waals surface area contributed by atoms with E-state index in [0.29, 0.717) is 24.7 Å². The summed E-state index contributed by atoms with van der Waals surface area (Å²) in [5, 5.41) is 2.75. The fourth-order valence-corrected chi connectivity index (χ4v) is 3.80. The molecule has 1 aromatic heterocycles. The van der Waals surface area contributed by atoms with Crippen molar-refractivity contribution in [3.05, 3.63) is 23.8 Å². The van der Waals surface area contributed by atoms with Crippen molar-refractivity contribution in [1.29, 1.82) is 0 Å². The maximum Gasteiger partial charge on any atom is 0.223 e. The molecule has 1 atom stereocenters. The van der Waals surface area contributed by atoms with Crippen molar-refractivity contribution in [3.8, 4) is 0 Å². The molecule has 0 aromatic carbocycles. The lowest BCUT2D eigenvalue weighted by Gasteiger charge is -2.25. The molecule has 0 radical (unpaired) electrons. The molecule has 1 aromatic rings. The van der Waals surface area contributed by atoms with Crippen LogP contribution in [0, 0.1) is 5.92 Å².